The summed E-state index contributed by atoms with van der Waals surface area (Å²) in [5, 5.41) is 1.17. The van der Waals surface area contributed by atoms with Gasteiger partial charge in [0.05, 0.1) is 11.1 Å². The fourth-order valence-electron chi connectivity index (χ4n) is 2.17. The van der Waals surface area contributed by atoms with E-state index in [9.17, 15) is 0 Å². The van der Waals surface area contributed by atoms with Crippen molar-refractivity contribution in [3.05, 3.63) is 71.8 Å². The van der Waals surface area contributed by atoms with Crippen LogP contribution in [0.25, 0.3) is 0 Å². The summed E-state index contributed by atoms with van der Waals surface area (Å²) < 4.78 is 0.553. The first-order valence-electron chi connectivity index (χ1n) is 6.29. The van der Waals surface area contributed by atoms with Gasteiger partial charge in [0.1, 0.15) is 0 Å². The zero-order chi connectivity index (χ0) is 13.1. The van der Waals surface area contributed by atoms with Crippen LogP contribution >= 0.6 is 34.4 Å². The van der Waals surface area contributed by atoms with Crippen LogP contribution in [0, 0.1) is 0 Å². The van der Waals surface area contributed by atoms with E-state index in [1.165, 1.54) is 16.2 Å². The Morgan fingerprint density at radius 1 is 0.947 bits per heavy atom. The van der Waals surface area contributed by atoms with E-state index in [1.54, 1.807) is 0 Å². The molecule has 96 valence electrons. The van der Waals surface area contributed by atoms with Gasteiger partial charge in [0.2, 0.25) is 0 Å². The Morgan fingerprint density at radius 3 is 2.26 bits per heavy atom. The molecule has 3 heteroatoms. The quantitative estimate of drug-likeness (QED) is 0.543. The van der Waals surface area contributed by atoms with Gasteiger partial charge in [-0.3, -0.25) is 4.99 Å². The summed E-state index contributed by atoms with van der Waals surface area (Å²) in [5.41, 5.74) is 2.55. The molecule has 3 rings (SSSR count). The maximum atomic E-state index is 4.98. The molecule has 0 saturated carbocycles. The van der Waals surface area contributed by atoms with Crippen molar-refractivity contribution in [3.63, 3.8) is 0 Å². The van der Waals surface area contributed by atoms with E-state index < -0.39 is 0 Å². The molecule has 0 aromatic heterocycles. The molecule has 0 bridgehead atoms. The lowest BCUT2D eigenvalue weighted by Crippen LogP contribution is -2.20. The number of rotatable bonds is 2. The summed E-state index contributed by atoms with van der Waals surface area (Å²) in [6, 6.07) is 21.4. The van der Waals surface area contributed by atoms with Crippen molar-refractivity contribution in [3.8, 4) is 0 Å². The van der Waals surface area contributed by atoms with E-state index in [4.69, 9.17) is 4.99 Å². The molecule has 1 heterocycles. The van der Waals surface area contributed by atoms with E-state index in [2.05, 4.69) is 77.2 Å². The molecule has 0 radical (unpaired) electrons. The number of hydrogen-bond donors (Lipinski definition) is 0. The highest BCUT2D eigenvalue weighted by molar-refractivity contribution is 14.1. The number of benzene rings is 2. The first kappa shape index (κ1) is 13.2. The van der Waals surface area contributed by atoms with E-state index >= 15 is 0 Å². The van der Waals surface area contributed by atoms with Crippen LogP contribution < -0.4 is 0 Å². The van der Waals surface area contributed by atoms with Crippen LogP contribution in [0.4, 0.5) is 0 Å². The average molecular weight is 379 g/mol. The molecule has 19 heavy (non-hydrogen) atoms. The third kappa shape index (κ3) is 3.03. The summed E-state index contributed by atoms with van der Waals surface area (Å²) in [6.07, 6.45) is 0. The van der Waals surface area contributed by atoms with Crippen LogP contribution in [0.2, 0.25) is 0 Å². The van der Waals surface area contributed by atoms with Crippen LogP contribution in [0.1, 0.15) is 17.2 Å². The lowest BCUT2D eigenvalue weighted by atomic mass is 10.1. The molecule has 0 unspecified atom stereocenters. The molecule has 0 N–H and O–H groups in total. The highest BCUT2D eigenvalue weighted by atomic mass is 127. The molecule has 1 nitrogen and oxygen atoms in total. The maximum Gasteiger partial charge on any atom is 0.0985 e. The second kappa shape index (κ2) is 6.09. The summed E-state index contributed by atoms with van der Waals surface area (Å²) in [6.45, 7) is 0. The maximum absolute atomic E-state index is 4.98. The number of aliphatic imine (C=N–C) groups is 1. The highest BCUT2D eigenvalue weighted by Gasteiger charge is 2.26. The number of halogens is 1. The van der Waals surface area contributed by atoms with Gasteiger partial charge in [-0.2, -0.15) is 0 Å². The summed E-state index contributed by atoms with van der Waals surface area (Å²) in [4.78, 5) is 4.98. The standard InChI is InChI=1S/C16H14INS/c17-14-11-19-16(13-9-5-2-6-10-13)18-15(14)12-7-3-1-4-8-12/h1-10,14-15H,11H2/t14-,15+/m0/s1. The van der Waals surface area contributed by atoms with Gasteiger partial charge >= 0.3 is 0 Å². The molecular weight excluding hydrogens is 365 g/mol. The fraction of sp³-hybridized carbons (Fsp3) is 0.188. The zero-order valence-corrected chi connectivity index (χ0v) is 13.3. The third-order valence-corrected chi connectivity index (χ3v) is 6.00. The van der Waals surface area contributed by atoms with Crippen molar-refractivity contribution in [1.82, 2.24) is 0 Å². The Kier molecular flexibility index (Phi) is 4.23. The SMILES string of the molecule is I[C@H]1CSC(c2ccccc2)=N[C@@H]1c1ccccc1. The minimum absolute atomic E-state index is 0.276. The van der Waals surface area contributed by atoms with Gasteiger partial charge in [0.25, 0.3) is 0 Å². The summed E-state index contributed by atoms with van der Waals surface area (Å²) in [5.74, 6) is 1.12. The molecule has 0 saturated heterocycles. The predicted octanol–water partition coefficient (Wildman–Crippen LogP) is 4.72. The summed E-state index contributed by atoms with van der Waals surface area (Å²) >= 11 is 4.39. The summed E-state index contributed by atoms with van der Waals surface area (Å²) in [7, 11) is 0. The van der Waals surface area contributed by atoms with Crippen LogP contribution in [0.5, 0.6) is 0 Å². The van der Waals surface area contributed by atoms with Crippen LogP contribution in [-0.2, 0) is 0 Å². The second-order valence-electron chi connectivity index (χ2n) is 4.48. The monoisotopic (exact) mass is 379 g/mol. The Hall–Kier alpha value is -0.810. The largest absolute Gasteiger partial charge is 0.269 e. The molecule has 0 fully saturated rings. The van der Waals surface area contributed by atoms with Crippen molar-refractivity contribution < 1.29 is 0 Å². The van der Waals surface area contributed by atoms with Gasteiger partial charge in [-0.1, -0.05) is 83.3 Å². The second-order valence-corrected chi connectivity index (χ2v) is 7.09. The number of alkyl halides is 1. The average Bonchev–Trinajstić information content (AvgIpc) is 2.49. The smallest absolute Gasteiger partial charge is 0.0985 e. The van der Waals surface area contributed by atoms with E-state index in [0.29, 0.717) is 3.92 Å². The molecule has 1 aliphatic rings. The number of hydrogen-bond acceptors (Lipinski definition) is 2. The number of nitrogens with zero attached hydrogens (tertiary/aromatic N) is 1. The fourth-order valence-corrected chi connectivity index (χ4v) is 4.27. The molecular formula is C16H14INS. The Bertz CT molecular complexity index is 568. The first-order chi connectivity index (χ1) is 9.34. The highest BCUT2D eigenvalue weighted by Crippen LogP contribution is 2.36. The van der Waals surface area contributed by atoms with Gasteiger partial charge in [0.15, 0.2) is 0 Å². The lowest BCUT2D eigenvalue weighted by Gasteiger charge is -2.25. The van der Waals surface area contributed by atoms with Crippen LogP contribution in [0.3, 0.4) is 0 Å². The molecule has 2 atom stereocenters. The van der Waals surface area contributed by atoms with Crippen molar-refractivity contribution in [2.24, 2.45) is 4.99 Å². The van der Waals surface area contributed by atoms with Gasteiger partial charge < -0.3 is 0 Å². The topological polar surface area (TPSA) is 12.4 Å². The molecule has 0 amide bonds. The van der Waals surface area contributed by atoms with E-state index in [1.807, 2.05) is 17.8 Å². The van der Waals surface area contributed by atoms with Gasteiger partial charge in [-0.25, -0.2) is 0 Å². The zero-order valence-electron chi connectivity index (χ0n) is 10.4. The van der Waals surface area contributed by atoms with Crippen LogP contribution in [0.15, 0.2) is 65.7 Å². The molecule has 0 aliphatic carbocycles. The van der Waals surface area contributed by atoms with E-state index in [-0.39, 0.29) is 6.04 Å². The van der Waals surface area contributed by atoms with Crippen LogP contribution in [-0.4, -0.2) is 14.7 Å². The predicted molar refractivity (Wildman–Crippen MR) is 92.4 cm³/mol. The molecule has 1 aliphatic heterocycles. The van der Waals surface area contributed by atoms with Crippen molar-refractivity contribution in [1.29, 1.82) is 0 Å². The normalized spacial score (nSPS) is 22.9. The Labute approximate surface area is 131 Å². The van der Waals surface area contributed by atoms with E-state index in [0.717, 1.165) is 5.75 Å². The van der Waals surface area contributed by atoms with Crippen molar-refractivity contribution >= 4 is 39.4 Å². The van der Waals surface area contributed by atoms with Crippen molar-refractivity contribution in [2.45, 2.75) is 9.97 Å². The Balaban J connectivity index is 1.96. The van der Waals surface area contributed by atoms with Gasteiger partial charge in [-0.15, -0.1) is 11.8 Å². The first-order valence-corrected chi connectivity index (χ1v) is 8.53. The molecule has 2 aromatic rings. The Morgan fingerprint density at radius 2 is 1.58 bits per heavy atom. The minimum atomic E-state index is 0.276. The lowest BCUT2D eigenvalue weighted by molar-refractivity contribution is 0.741. The van der Waals surface area contributed by atoms with Gasteiger partial charge in [0, 0.05) is 15.2 Å². The molecule has 0 spiro atoms. The number of thioether (sulfide) groups is 1. The molecule has 2 aromatic carbocycles. The minimum Gasteiger partial charge on any atom is -0.269 e. The van der Waals surface area contributed by atoms with Gasteiger partial charge in [-0.05, 0) is 5.56 Å². The van der Waals surface area contributed by atoms with Crippen molar-refractivity contribution in [2.75, 3.05) is 5.75 Å². The third-order valence-electron chi connectivity index (χ3n) is 3.14.